The van der Waals surface area contributed by atoms with E-state index < -0.39 is 57.9 Å². The van der Waals surface area contributed by atoms with Gasteiger partial charge >= 0.3 is 29.2 Å². The lowest BCUT2D eigenvalue weighted by Crippen LogP contribution is -2.58. The molecule has 1 atom stereocenters. The van der Waals surface area contributed by atoms with E-state index in [1.165, 1.54) is 0 Å². The molecular weight excluding hydrogens is 399 g/mol. The Bertz CT molecular complexity index is 684. The summed E-state index contributed by atoms with van der Waals surface area (Å²) >= 11 is 0. The summed E-state index contributed by atoms with van der Waals surface area (Å²) in [6, 6.07) is 0. The molecule has 0 radical (unpaired) electrons. The molecule has 0 aromatic carbocycles. The van der Waals surface area contributed by atoms with E-state index in [1.54, 1.807) is 0 Å². The van der Waals surface area contributed by atoms with Crippen LogP contribution in [0.2, 0.25) is 0 Å². The molecule has 0 bridgehead atoms. The monoisotopic (exact) mass is 411 g/mol. The lowest BCUT2D eigenvalue weighted by atomic mass is 10.2. The van der Waals surface area contributed by atoms with Gasteiger partial charge in [0, 0.05) is 12.0 Å². The van der Waals surface area contributed by atoms with Gasteiger partial charge in [0.25, 0.3) is 0 Å². The number of carbonyl (C=O) groups excluding carboxylic acids is 2. The topological polar surface area (TPSA) is 119 Å². The van der Waals surface area contributed by atoms with Crippen molar-refractivity contribution in [3.63, 3.8) is 0 Å². The van der Waals surface area contributed by atoms with Crippen molar-refractivity contribution in [3.05, 3.63) is 25.0 Å². The molecule has 1 unspecified atom stereocenters. The highest BCUT2D eigenvalue weighted by Crippen LogP contribution is 2.38. The standard InChI is InChI=1S/C12H13F5O8S/c1-4-23-9(19)11(12(15,16)17,25-8(18)7(2)3)24-6-5-10(13,14)26(20,21)22/h4H,1-2,5-6H2,3H3,(H,20,21,22)/p-1. The Morgan fingerprint density at radius 2 is 1.69 bits per heavy atom. The maximum Gasteiger partial charge on any atom is 0.468 e. The molecule has 0 aliphatic rings. The first-order valence-electron chi connectivity index (χ1n) is 6.26. The molecule has 0 rings (SSSR count). The van der Waals surface area contributed by atoms with Crippen LogP contribution in [-0.2, 0) is 33.9 Å². The van der Waals surface area contributed by atoms with Crippen molar-refractivity contribution in [1.29, 1.82) is 0 Å². The van der Waals surface area contributed by atoms with Gasteiger partial charge in [0.05, 0.1) is 12.9 Å². The van der Waals surface area contributed by atoms with Crippen molar-refractivity contribution in [1.82, 2.24) is 0 Å². The van der Waals surface area contributed by atoms with Crippen molar-refractivity contribution in [2.24, 2.45) is 0 Å². The predicted octanol–water partition coefficient (Wildman–Crippen LogP) is 1.60. The van der Waals surface area contributed by atoms with Crippen LogP contribution >= 0.6 is 0 Å². The molecule has 0 heterocycles. The highest BCUT2D eigenvalue weighted by Gasteiger charge is 2.68. The molecule has 150 valence electrons. The summed E-state index contributed by atoms with van der Waals surface area (Å²) in [6.07, 6.45) is -7.70. The van der Waals surface area contributed by atoms with Gasteiger partial charge in [-0.3, -0.25) is 0 Å². The molecule has 0 fully saturated rings. The summed E-state index contributed by atoms with van der Waals surface area (Å²) in [6.45, 7) is 4.84. The minimum absolute atomic E-state index is 0.206. The molecule has 0 N–H and O–H groups in total. The zero-order valence-corrected chi connectivity index (χ0v) is 13.8. The van der Waals surface area contributed by atoms with Gasteiger partial charge in [-0.15, -0.1) is 0 Å². The Morgan fingerprint density at radius 3 is 2.04 bits per heavy atom. The van der Waals surface area contributed by atoms with Crippen LogP contribution in [0.3, 0.4) is 0 Å². The number of carbonyl (C=O) groups is 2. The molecule has 0 aromatic heterocycles. The van der Waals surface area contributed by atoms with E-state index in [9.17, 15) is 44.5 Å². The second-order valence-electron chi connectivity index (χ2n) is 4.55. The molecule has 0 aromatic rings. The van der Waals surface area contributed by atoms with E-state index in [2.05, 4.69) is 27.4 Å². The van der Waals surface area contributed by atoms with Crippen molar-refractivity contribution in [3.8, 4) is 0 Å². The van der Waals surface area contributed by atoms with Gasteiger partial charge in [0.1, 0.15) is 0 Å². The highest BCUT2D eigenvalue weighted by molar-refractivity contribution is 7.86. The van der Waals surface area contributed by atoms with Crippen LogP contribution in [0.5, 0.6) is 0 Å². The van der Waals surface area contributed by atoms with E-state index in [0.29, 0.717) is 0 Å². The maximum absolute atomic E-state index is 13.3. The van der Waals surface area contributed by atoms with Crippen LogP contribution < -0.4 is 0 Å². The third kappa shape index (κ3) is 5.47. The molecule has 0 saturated carbocycles. The minimum Gasteiger partial charge on any atom is -0.743 e. The van der Waals surface area contributed by atoms with E-state index in [4.69, 9.17) is 0 Å². The summed E-state index contributed by atoms with van der Waals surface area (Å²) in [7, 11) is -6.22. The second kappa shape index (κ2) is 8.09. The Kier molecular flexibility index (Phi) is 7.45. The van der Waals surface area contributed by atoms with E-state index in [0.717, 1.165) is 6.92 Å². The fourth-order valence-electron chi connectivity index (χ4n) is 1.19. The normalized spacial score (nSPS) is 14.9. The van der Waals surface area contributed by atoms with Crippen LogP contribution in [0.1, 0.15) is 13.3 Å². The van der Waals surface area contributed by atoms with Crippen molar-refractivity contribution < 1.29 is 58.7 Å². The molecule has 0 saturated heterocycles. The quantitative estimate of drug-likeness (QED) is 0.140. The summed E-state index contributed by atoms with van der Waals surface area (Å²) in [5.41, 5.74) is -0.624. The van der Waals surface area contributed by atoms with Crippen LogP contribution in [0.25, 0.3) is 0 Å². The number of ether oxygens (including phenoxy) is 3. The van der Waals surface area contributed by atoms with E-state index >= 15 is 0 Å². The Balaban J connectivity index is 5.83. The summed E-state index contributed by atoms with van der Waals surface area (Å²) in [5.74, 6) is -8.74. The fourth-order valence-corrected chi connectivity index (χ4v) is 1.53. The Hall–Kier alpha value is -2.06. The smallest absolute Gasteiger partial charge is 0.468 e. The Morgan fingerprint density at radius 1 is 1.19 bits per heavy atom. The number of hydrogen-bond donors (Lipinski definition) is 0. The fraction of sp³-hybridized carbons (Fsp3) is 0.500. The molecule has 0 aliphatic heterocycles. The number of esters is 2. The van der Waals surface area contributed by atoms with Crippen molar-refractivity contribution in [2.45, 2.75) is 30.6 Å². The number of hydrogen-bond acceptors (Lipinski definition) is 8. The van der Waals surface area contributed by atoms with Gasteiger partial charge in [0.15, 0.2) is 10.1 Å². The number of halogens is 5. The third-order valence-corrected chi connectivity index (χ3v) is 3.42. The van der Waals surface area contributed by atoms with E-state index in [-0.39, 0.29) is 6.26 Å². The first-order chi connectivity index (χ1) is 11.5. The molecule has 26 heavy (non-hydrogen) atoms. The zero-order chi connectivity index (χ0) is 21.0. The van der Waals surface area contributed by atoms with Gasteiger partial charge in [0.2, 0.25) is 0 Å². The maximum atomic E-state index is 13.3. The van der Waals surface area contributed by atoms with Crippen LogP contribution in [-0.4, -0.2) is 48.7 Å². The Labute approximate surface area is 143 Å². The van der Waals surface area contributed by atoms with Gasteiger partial charge in [-0.2, -0.15) is 22.0 Å². The lowest BCUT2D eigenvalue weighted by Gasteiger charge is -2.32. The largest absolute Gasteiger partial charge is 0.743 e. The van der Waals surface area contributed by atoms with Crippen LogP contribution in [0, 0.1) is 0 Å². The van der Waals surface area contributed by atoms with Gasteiger partial charge in [-0.25, -0.2) is 18.0 Å². The van der Waals surface area contributed by atoms with Crippen molar-refractivity contribution >= 4 is 22.1 Å². The molecular formula is C12H12F5O8S-. The molecule has 0 amide bonds. The second-order valence-corrected chi connectivity index (χ2v) is 6.05. The molecule has 0 spiro atoms. The average Bonchev–Trinajstić information content (AvgIpc) is 2.43. The first kappa shape index (κ1) is 23.9. The summed E-state index contributed by atoms with van der Waals surface area (Å²) in [4.78, 5) is 23.0. The van der Waals surface area contributed by atoms with Gasteiger partial charge in [-0.05, 0) is 6.92 Å². The van der Waals surface area contributed by atoms with Crippen LogP contribution in [0.15, 0.2) is 25.0 Å². The number of alkyl halides is 5. The minimum atomic E-state index is -6.22. The van der Waals surface area contributed by atoms with Gasteiger partial charge < -0.3 is 18.8 Å². The van der Waals surface area contributed by atoms with Crippen LogP contribution in [0.4, 0.5) is 22.0 Å². The molecule has 0 aliphatic carbocycles. The molecule has 8 nitrogen and oxygen atoms in total. The van der Waals surface area contributed by atoms with Crippen molar-refractivity contribution in [2.75, 3.05) is 6.61 Å². The summed E-state index contributed by atoms with van der Waals surface area (Å²) < 4.78 is 109. The first-order valence-corrected chi connectivity index (χ1v) is 7.67. The predicted molar refractivity (Wildman–Crippen MR) is 71.2 cm³/mol. The summed E-state index contributed by atoms with van der Waals surface area (Å²) in [5, 5.41) is -5.01. The number of rotatable bonds is 9. The van der Waals surface area contributed by atoms with E-state index in [1.807, 2.05) is 0 Å². The third-order valence-electron chi connectivity index (χ3n) is 2.48. The average molecular weight is 411 g/mol. The highest BCUT2D eigenvalue weighted by atomic mass is 32.2. The SMILES string of the molecule is C=COC(=O)C(OCCC(F)(F)S(=O)(=O)[O-])(OC(=O)C(=C)C)C(F)(F)F. The zero-order valence-electron chi connectivity index (χ0n) is 13.0. The molecule has 14 heteroatoms. The van der Waals surface area contributed by atoms with Gasteiger partial charge in [-0.1, -0.05) is 13.2 Å². The lowest BCUT2D eigenvalue weighted by molar-refractivity contribution is -0.354.